The summed E-state index contributed by atoms with van der Waals surface area (Å²) in [5, 5.41) is 22.8. The zero-order valence-corrected chi connectivity index (χ0v) is 31.3. The number of nitrogens with two attached hydrogens (primary N) is 1. The quantitative estimate of drug-likeness (QED) is 0.0720. The van der Waals surface area contributed by atoms with Crippen LogP contribution in [0.15, 0.2) is 0 Å². The Morgan fingerprint density at radius 3 is 2.13 bits per heavy atom. The standard InChI is InChI=1S/C37H72N4O5S/c1-26(2)34(46-47(43,44)45)13-10-27(3)30-11-12-31-35-32(15-17-37(30,31)5)36(4)16-14-29(24-28(36)25-33(35)42)41-23-9-22-40-20-7-6-19-39-21-8-18-38/h26-35,39-42H,6-25,38H2,1-5H3,(H,43,44,45)/t27-,28?,29+,30-,31?,32?,33-,34-,35?,36+,37-/m1/s1. The summed E-state index contributed by atoms with van der Waals surface area (Å²) in [6, 6.07) is 0.571. The lowest BCUT2D eigenvalue weighted by Crippen LogP contribution is -2.59. The Morgan fingerprint density at radius 1 is 0.830 bits per heavy atom. The van der Waals surface area contributed by atoms with Gasteiger partial charge in [0.1, 0.15) is 0 Å². The molecule has 0 bridgehead atoms. The van der Waals surface area contributed by atoms with Crippen molar-refractivity contribution >= 4 is 10.4 Å². The van der Waals surface area contributed by atoms with E-state index in [0.29, 0.717) is 53.4 Å². The summed E-state index contributed by atoms with van der Waals surface area (Å²) in [4.78, 5) is 0. The molecule has 4 aliphatic rings. The van der Waals surface area contributed by atoms with E-state index >= 15 is 0 Å². The van der Waals surface area contributed by atoms with Gasteiger partial charge in [0.25, 0.3) is 0 Å². The highest BCUT2D eigenvalue weighted by molar-refractivity contribution is 7.80. The van der Waals surface area contributed by atoms with Crippen LogP contribution in [0, 0.1) is 52.3 Å². The minimum Gasteiger partial charge on any atom is -0.393 e. The molecule has 11 atom stereocenters. The number of rotatable bonds is 20. The van der Waals surface area contributed by atoms with E-state index in [1.807, 2.05) is 13.8 Å². The molecule has 276 valence electrons. The van der Waals surface area contributed by atoms with Crippen LogP contribution in [0.25, 0.3) is 0 Å². The summed E-state index contributed by atoms with van der Waals surface area (Å²) in [7, 11) is -4.46. The van der Waals surface area contributed by atoms with Crippen LogP contribution in [-0.4, -0.2) is 75.6 Å². The van der Waals surface area contributed by atoms with E-state index in [0.717, 1.165) is 65.0 Å². The van der Waals surface area contributed by atoms with Gasteiger partial charge in [-0.15, -0.1) is 0 Å². The van der Waals surface area contributed by atoms with E-state index in [1.54, 1.807) is 0 Å². The summed E-state index contributed by atoms with van der Waals surface area (Å²) in [5.41, 5.74) is 6.08. The molecule has 0 heterocycles. The average molecular weight is 685 g/mol. The van der Waals surface area contributed by atoms with Gasteiger partial charge in [0.05, 0.1) is 12.2 Å². The molecule has 4 rings (SSSR count). The van der Waals surface area contributed by atoms with Gasteiger partial charge in [-0.25, -0.2) is 4.18 Å². The van der Waals surface area contributed by atoms with E-state index in [4.69, 9.17) is 9.92 Å². The molecule has 0 spiro atoms. The summed E-state index contributed by atoms with van der Waals surface area (Å²) >= 11 is 0. The third-order valence-corrected chi connectivity index (χ3v) is 14.3. The molecule has 9 nitrogen and oxygen atoms in total. The summed E-state index contributed by atoms with van der Waals surface area (Å²) < 4.78 is 37.2. The van der Waals surface area contributed by atoms with Gasteiger partial charge in [-0.3, -0.25) is 4.55 Å². The number of unbranched alkanes of at least 4 members (excludes halogenated alkanes) is 1. The number of aliphatic hydroxyl groups is 1. The molecular weight excluding hydrogens is 612 g/mol. The molecule has 4 unspecified atom stereocenters. The molecule has 4 aliphatic carbocycles. The van der Waals surface area contributed by atoms with Crippen molar-refractivity contribution in [3.05, 3.63) is 0 Å². The molecule has 4 saturated carbocycles. The average Bonchev–Trinajstić information content (AvgIpc) is 3.36. The summed E-state index contributed by atoms with van der Waals surface area (Å²) in [6.07, 6.45) is 15.0. The van der Waals surface area contributed by atoms with Crippen LogP contribution in [0.3, 0.4) is 0 Å². The van der Waals surface area contributed by atoms with Crippen LogP contribution in [0.2, 0.25) is 0 Å². The van der Waals surface area contributed by atoms with Gasteiger partial charge in [-0.05, 0) is 181 Å². The van der Waals surface area contributed by atoms with E-state index in [1.165, 1.54) is 57.8 Å². The number of hydrogen-bond donors (Lipinski definition) is 6. The fraction of sp³-hybridized carbons (Fsp3) is 1.00. The van der Waals surface area contributed by atoms with Gasteiger partial charge in [0, 0.05) is 6.04 Å². The lowest BCUT2D eigenvalue weighted by atomic mass is 9.43. The predicted octanol–water partition coefficient (Wildman–Crippen LogP) is 5.53. The Bertz CT molecular complexity index is 1050. The van der Waals surface area contributed by atoms with Crippen LogP contribution in [0.5, 0.6) is 0 Å². The zero-order chi connectivity index (χ0) is 34.2. The lowest BCUT2D eigenvalue weighted by molar-refractivity contribution is -0.167. The van der Waals surface area contributed by atoms with Gasteiger partial charge in [0.15, 0.2) is 0 Å². The van der Waals surface area contributed by atoms with Crippen molar-refractivity contribution in [3.63, 3.8) is 0 Å². The maximum Gasteiger partial charge on any atom is 0.397 e. The van der Waals surface area contributed by atoms with Crippen molar-refractivity contribution in [2.24, 2.45) is 58.0 Å². The first kappa shape index (κ1) is 39.5. The third-order valence-electron chi connectivity index (χ3n) is 13.8. The number of nitrogens with one attached hydrogen (secondary N) is 3. The minimum atomic E-state index is -4.46. The molecule has 0 amide bonds. The zero-order valence-electron chi connectivity index (χ0n) is 30.5. The molecule has 10 heteroatoms. The lowest BCUT2D eigenvalue weighted by Gasteiger charge is -2.62. The number of fused-ring (bicyclic) bond motifs is 5. The van der Waals surface area contributed by atoms with E-state index < -0.39 is 16.5 Å². The normalized spacial score (nSPS) is 36.9. The first-order valence-electron chi connectivity index (χ1n) is 19.5. The minimum absolute atomic E-state index is 0.0137. The Kier molecular flexibility index (Phi) is 14.9. The summed E-state index contributed by atoms with van der Waals surface area (Å²) in [6.45, 7) is 17.4. The highest BCUT2D eigenvalue weighted by Gasteiger charge is 2.62. The van der Waals surface area contributed by atoms with Crippen molar-refractivity contribution in [1.29, 1.82) is 0 Å². The van der Waals surface area contributed by atoms with E-state index in [-0.39, 0.29) is 17.4 Å². The molecule has 7 N–H and O–H groups in total. The highest BCUT2D eigenvalue weighted by Crippen LogP contribution is 2.68. The second-order valence-corrected chi connectivity index (χ2v) is 18.1. The van der Waals surface area contributed by atoms with Gasteiger partial charge in [-0.2, -0.15) is 8.42 Å². The Balaban J connectivity index is 1.23. The van der Waals surface area contributed by atoms with Gasteiger partial charge in [-0.1, -0.05) is 34.6 Å². The SMILES string of the molecule is CC(C)[C@@H](CC[C@@H](C)[C@H]1CCC2C3C(CC[C@@]21C)[C@@]1(C)CC[C@H](NCCCNCCCCNCCCN)CC1C[C@H]3O)OS(=O)(=O)O. The molecule has 0 radical (unpaired) electrons. The van der Waals surface area contributed by atoms with E-state index in [2.05, 4.69) is 36.7 Å². The van der Waals surface area contributed by atoms with Crippen LogP contribution in [0.4, 0.5) is 0 Å². The highest BCUT2D eigenvalue weighted by atomic mass is 32.3. The fourth-order valence-electron chi connectivity index (χ4n) is 11.2. The molecule has 0 aromatic rings. The smallest absolute Gasteiger partial charge is 0.393 e. The first-order chi connectivity index (χ1) is 22.3. The Morgan fingerprint density at radius 2 is 1.47 bits per heavy atom. The monoisotopic (exact) mass is 685 g/mol. The van der Waals surface area contributed by atoms with Crippen molar-refractivity contribution in [2.45, 2.75) is 143 Å². The van der Waals surface area contributed by atoms with E-state index in [9.17, 15) is 18.1 Å². The summed E-state index contributed by atoms with van der Waals surface area (Å²) in [5.74, 6) is 3.20. The second kappa shape index (κ2) is 17.7. The molecular formula is C37H72N4O5S. The van der Waals surface area contributed by atoms with Crippen LogP contribution in [-0.2, 0) is 14.6 Å². The topological polar surface area (TPSA) is 146 Å². The first-order valence-corrected chi connectivity index (χ1v) is 20.8. The maximum absolute atomic E-state index is 11.8. The molecule has 0 aromatic heterocycles. The van der Waals surface area contributed by atoms with Gasteiger partial charge in [0.2, 0.25) is 0 Å². The predicted molar refractivity (Wildman–Crippen MR) is 191 cm³/mol. The molecule has 47 heavy (non-hydrogen) atoms. The second-order valence-electron chi connectivity index (χ2n) is 17.0. The number of aliphatic hydroxyl groups excluding tert-OH is 1. The molecule has 0 saturated heterocycles. The Hall–Kier alpha value is -0.330. The van der Waals surface area contributed by atoms with Crippen LogP contribution >= 0.6 is 0 Å². The van der Waals surface area contributed by atoms with Crippen molar-refractivity contribution < 1.29 is 22.3 Å². The maximum atomic E-state index is 11.8. The third kappa shape index (κ3) is 10.1. The van der Waals surface area contributed by atoms with Crippen molar-refractivity contribution in [1.82, 2.24) is 16.0 Å². The molecule has 0 aliphatic heterocycles. The van der Waals surface area contributed by atoms with Gasteiger partial charge >= 0.3 is 10.4 Å². The molecule has 0 aromatic carbocycles. The van der Waals surface area contributed by atoms with Crippen molar-refractivity contribution in [3.8, 4) is 0 Å². The van der Waals surface area contributed by atoms with Crippen LogP contribution < -0.4 is 21.7 Å². The fourth-order valence-corrected chi connectivity index (χ4v) is 11.8. The number of hydrogen-bond acceptors (Lipinski definition) is 8. The largest absolute Gasteiger partial charge is 0.397 e. The molecule has 4 fully saturated rings. The van der Waals surface area contributed by atoms with Gasteiger partial charge < -0.3 is 26.8 Å². The Labute approximate surface area is 288 Å². The van der Waals surface area contributed by atoms with Crippen LogP contribution in [0.1, 0.15) is 125 Å². The van der Waals surface area contributed by atoms with Crippen molar-refractivity contribution in [2.75, 3.05) is 39.3 Å².